The van der Waals surface area contributed by atoms with Crippen LogP contribution in [-0.2, 0) is 6.54 Å². The maximum absolute atomic E-state index is 11.6. The number of H-pyrrole nitrogens is 1. The van der Waals surface area contributed by atoms with Crippen LogP contribution in [0.25, 0.3) is 0 Å². The lowest BCUT2D eigenvalue weighted by Crippen LogP contribution is -2.22. The van der Waals surface area contributed by atoms with Crippen molar-refractivity contribution < 1.29 is 4.79 Å². The summed E-state index contributed by atoms with van der Waals surface area (Å²) in [4.78, 5) is 15.5. The lowest BCUT2D eigenvalue weighted by Gasteiger charge is -2.00. The third-order valence-corrected chi connectivity index (χ3v) is 3.63. The third kappa shape index (κ3) is 2.65. The molecular formula is C10H10BrN3OS. The number of hydrogen-bond acceptors (Lipinski definition) is 3. The van der Waals surface area contributed by atoms with Crippen molar-refractivity contribution in [2.24, 2.45) is 0 Å². The first-order valence-corrected chi connectivity index (χ1v) is 6.22. The van der Waals surface area contributed by atoms with Crippen molar-refractivity contribution in [3.05, 3.63) is 38.8 Å². The predicted octanol–water partition coefficient (Wildman–Crippen LogP) is 2.35. The Morgan fingerprint density at radius 2 is 2.38 bits per heavy atom. The highest BCUT2D eigenvalue weighted by molar-refractivity contribution is 9.11. The molecule has 0 aliphatic carbocycles. The summed E-state index contributed by atoms with van der Waals surface area (Å²) in [6.45, 7) is 0.522. The monoisotopic (exact) mass is 299 g/mol. The van der Waals surface area contributed by atoms with Gasteiger partial charge >= 0.3 is 0 Å². The number of carbonyl (C=O) groups is 1. The first-order valence-electron chi connectivity index (χ1n) is 4.61. The molecule has 0 saturated heterocycles. The van der Waals surface area contributed by atoms with E-state index in [1.54, 1.807) is 23.6 Å². The Labute approximate surface area is 105 Å². The van der Waals surface area contributed by atoms with Crippen LogP contribution >= 0.6 is 27.3 Å². The molecule has 2 aromatic heterocycles. The summed E-state index contributed by atoms with van der Waals surface area (Å²) in [5, 5.41) is 2.81. The van der Waals surface area contributed by atoms with Gasteiger partial charge in [-0.3, -0.25) is 4.79 Å². The number of aromatic amines is 1. The van der Waals surface area contributed by atoms with E-state index in [9.17, 15) is 4.79 Å². The van der Waals surface area contributed by atoms with Gasteiger partial charge in [0.2, 0.25) is 0 Å². The Kier molecular flexibility index (Phi) is 3.31. The molecule has 0 bridgehead atoms. The van der Waals surface area contributed by atoms with Crippen molar-refractivity contribution in [2.45, 2.75) is 6.54 Å². The molecule has 2 aromatic rings. The molecule has 0 aliphatic rings. The molecule has 0 saturated carbocycles. The van der Waals surface area contributed by atoms with Crippen molar-refractivity contribution in [1.29, 1.82) is 0 Å². The molecule has 4 nitrogen and oxygen atoms in total. The van der Waals surface area contributed by atoms with Crippen molar-refractivity contribution in [3.63, 3.8) is 0 Å². The van der Waals surface area contributed by atoms with Crippen LogP contribution in [0.3, 0.4) is 0 Å². The molecule has 16 heavy (non-hydrogen) atoms. The van der Waals surface area contributed by atoms with Crippen LogP contribution in [0.1, 0.15) is 15.4 Å². The summed E-state index contributed by atoms with van der Waals surface area (Å²) in [7, 11) is 0. The van der Waals surface area contributed by atoms with E-state index in [0.717, 1.165) is 8.66 Å². The van der Waals surface area contributed by atoms with E-state index in [1.165, 1.54) is 0 Å². The molecule has 0 radical (unpaired) electrons. The van der Waals surface area contributed by atoms with Gasteiger partial charge in [-0.2, -0.15) is 0 Å². The van der Waals surface area contributed by atoms with Gasteiger partial charge in [0.1, 0.15) is 5.69 Å². The fourth-order valence-electron chi connectivity index (χ4n) is 1.25. The molecule has 4 N–H and O–H groups in total. The largest absolute Gasteiger partial charge is 0.397 e. The van der Waals surface area contributed by atoms with E-state index in [2.05, 4.69) is 26.2 Å². The molecular weight excluding hydrogens is 290 g/mol. The SMILES string of the molecule is Nc1c[nH]c(C(=O)NCc2ccc(Br)s2)c1. The molecule has 2 rings (SSSR count). The van der Waals surface area contributed by atoms with Crippen LogP contribution in [-0.4, -0.2) is 10.9 Å². The van der Waals surface area contributed by atoms with Gasteiger partial charge in [0, 0.05) is 16.8 Å². The Morgan fingerprint density at radius 1 is 1.56 bits per heavy atom. The maximum atomic E-state index is 11.6. The molecule has 0 fully saturated rings. The Hall–Kier alpha value is -1.27. The zero-order chi connectivity index (χ0) is 11.5. The molecule has 0 aliphatic heterocycles. The number of anilines is 1. The predicted molar refractivity (Wildman–Crippen MR) is 68.4 cm³/mol. The molecule has 0 unspecified atom stereocenters. The number of thiophene rings is 1. The number of nitrogen functional groups attached to an aromatic ring is 1. The van der Waals surface area contributed by atoms with Crippen molar-refractivity contribution in [2.75, 3.05) is 5.73 Å². The summed E-state index contributed by atoms with van der Waals surface area (Å²) in [6, 6.07) is 5.54. The van der Waals surface area contributed by atoms with Crippen LogP contribution in [0.2, 0.25) is 0 Å². The minimum Gasteiger partial charge on any atom is -0.397 e. The summed E-state index contributed by atoms with van der Waals surface area (Å²) >= 11 is 4.97. The van der Waals surface area contributed by atoms with Crippen LogP contribution in [0.15, 0.2) is 28.2 Å². The highest BCUT2D eigenvalue weighted by atomic mass is 79.9. The third-order valence-electron chi connectivity index (χ3n) is 2.00. The number of amides is 1. The summed E-state index contributed by atoms with van der Waals surface area (Å²) in [6.07, 6.45) is 1.59. The smallest absolute Gasteiger partial charge is 0.268 e. The number of nitrogens with one attached hydrogen (secondary N) is 2. The van der Waals surface area contributed by atoms with E-state index in [4.69, 9.17) is 5.73 Å². The number of nitrogens with two attached hydrogens (primary N) is 1. The highest BCUT2D eigenvalue weighted by Crippen LogP contribution is 2.21. The minimum absolute atomic E-state index is 0.152. The van der Waals surface area contributed by atoms with E-state index < -0.39 is 0 Å². The second-order valence-electron chi connectivity index (χ2n) is 3.24. The molecule has 2 heterocycles. The summed E-state index contributed by atoms with van der Waals surface area (Å²) in [5.41, 5.74) is 6.55. The Balaban J connectivity index is 1.93. The molecule has 6 heteroatoms. The number of hydrogen-bond donors (Lipinski definition) is 3. The lowest BCUT2D eigenvalue weighted by molar-refractivity contribution is 0.0947. The normalized spacial score (nSPS) is 10.3. The fraction of sp³-hybridized carbons (Fsp3) is 0.100. The zero-order valence-electron chi connectivity index (χ0n) is 8.29. The first-order chi connectivity index (χ1) is 7.65. The number of rotatable bonds is 3. The van der Waals surface area contributed by atoms with Gasteiger partial charge in [-0.1, -0.05) is 0 Å². The molecule has 84 valence electrons. The van der Waals surface area contributed by atoms with E-state index in [1.807, 2.05) is 12.1 Å². The van der Waals surface area contributed by atoms with Crippen molar-refractivity contribution >= 4 is 38.9 Å². The van der Waals surface area contributed by atoms with Crippen LogP contribution in [0.4, 0.5) is 5.69 Å². The van der Waals surface area contributed by atoms with Crippen LogP contribution in [0, 0.1) is 0 Å². The maximum Gasteiger partial charge on any atom is 0.268 e. The summed E-state index contributed by atoms with van der Waals surface area (Å²) < 4.78 is 1.06. The highest BCUT2D eigenvalue weighted by Gasteiger charge is 2.07. The second kappa shape index (κ2) is 4.71. The van der Waals surface area contributed by atoms with Crippen molar-refractivity contribution in [3.8, 4) is 0 Å². The van der Waals surface area contributed by atoms with Gasteiger partial charge in [0.25, 0.3) is 5.91 Å². The topological polar surface area (TPSA) is 70.9 Å². The average Bonchev–Trinajstić information content (AvgIpc) is 2.84. The first kappa shape index (κ1) is 11.2. The van der Waals surface area contributed by atoms with Gasteiger partial charge in [0.05, 0.1) is 10.3 Å². The van der Waals surface area contributed by atoms with Gasteiger partial charge in [-0.15, -0.1) is 11.3 Å². The quantitative estimate of drug-likeness (QED) is 0.814. The number of halogens is 1. The molecule has 0 atom stereocenters. The van der Waals surface area contributed by atoms with Crippen molar-refractivity contribution in [1.82, 2.24) is 10.3 Å². The van der Waals surface area contributed by atoms with E-state index in [-0.39, 0.29) is 5.91 Å². The summed E-state index contributed by atoms with van der Waals surface area (Å²) in [5.74, 6) is -0.152. The number of carbonyl (C=O) groups excluding carboxylic acids is 1. The molecule has 0 spiro atoms. The molecule has 0 aromatic carbocycles. The lowest BCUT2D eigenvalue weighted by atomic mass is 10.4. The van der Waals surface area contributed by atoms with Crippen LogP contribution in [0.5, 0.6) is 0 Å². The minimum atomic E-state index is -0.152. The van der Waals surface area contributed by atoms with E-state index >= 15 is 0 Å². The van der Waals surface area contributed by atoms with Gasteiger partial charge < -0.3 is 16.0 Å². The average molecular weight is 300 g/mol. The van der Waals surface area contributed by atoms with E-state index in [0.29, 0.717) is 17.9 Å². The number of aromatic nitrogens is 1. The van der Waals surface area contributed by atoms with Gasteiger partial charge in [0.15, 0.2) is 0 Å². The zero-order valence-corrected chi connectivity index (χ0v) is 10.7. The second-order valence-corrected chi connectivity index (χ2v) is 5.78. The Bertz CT molecular complexity index is 506. The molecule has 1 amide bonds. The standard InChI is InChI=1S/C10H10BrN3OS/c11-9-2-1-7(16-9)5-14-10(15)8-3-6(12)4-13-8/h1-4,13H,5,12H2,(H,14,15). The van der Waals surface area contributed by atoms with Gasteiger partial charge in [-0.05, 0) is 34.1 Å². The van der Waals surface area contributed by atoms with Crippen LogP contribution < -0.4 is 11.1 Å². The Morgan fingerprint density at radius 3 is 2.94 bits per heavy atom. The van der Waals surface area contributed by atoms with Gasteiger partial charge in [-0.25, -0.2) is 0 Å². The fourth-order valence-corrected chi connectivity index (χ4v) is 2.67.